The zero-order valence-electron chi connectivity index (χ0n) is 15.5. The summed E-state index contributed by atoms with van der Waals surface area (Å²) in [4.78, 5) is 10.6. The Bertz CT molecular complexity index is 868. The van der Waals surface area contributed by atoms with Crippen molar-refractivity contribution in [1.82, 2.24) is 0 Å². The van der Waals surface area contributed by atoms with Gasteiger partial charge in [0.25, 0.3) is 5.69 Å². The third-order valence-electron chi connectivity index (χ3n) is 5.40. The van der Waals surface area contributed by atoms with Crippen molar-refractivity contribution < 1.29 is 11.0 Å². The van der Waals surface area contributed by atoms with Gasteiger partial charge >= 0.3 is 0 Å². The highest BCUT2D eigenvalue weighted by Crippen LogP contribution is 2.49. The Hall–Kier alpha value is -2.56. The summed E-state index contributed by atoms with van der Waals surface area (Å²) in [5.41, 5.74) is 3.64. The van der Waals surface area contributed by atoms with Gasteiger partial charge in [-0.1, -0.05) is 12.8 Å². The number of anilines is 1. The van der Waals surface area contributed by atoms with Crippen molar-refractivity contribution >= 4 is 11.4 Å². The van der Waals surface area contributed by atoms with E-state index < -0.39 is 0 Å². The first-order valence-electron chi connectivity index (χ1n) is 9.25. The summed E-state index contributed by atoms with van der Waals surface area (Å²) >= 11 is 0. The van der Waals surface area contributed by atoms with Gasteiger partial charge in [0.2, 0.25) is 0 Å². The molecule has 1 N–H and O–H groups in total. The standard InChI is InChI=1S/C20H22N2O3/c1-13-9-15(22(23)24)10-14(2)19(13)25-16-5-6-18-17(11-16)20(12-21-18)7-3-4-8-20/h5-6,9-11,21H,3-4,7-8,12H2,1-2H3/i12D. The van der Waals surface area contributed by atoms with Gasteiger partial charge in [-0.15, -0.1) is 0 Å². The minimum Gasteiger partial charge on any atom is -0.457 e. The largest absolute Gasteiger partial charge is 0.457 e. The minimum absolute atomic E-state index is 0.0764. The molecule has 1 unspecified atom stereocenters. The lowest BCUT2D eigenvalue weighted by molar-refractivity contribution is -0.385. The van der Waals surface area contributed by atoms with Crippen LogP contribution < -0.4 is 10.1 Å². The second-order valence-electron chi connectivity index (χ2n) is 7.13. The monoisotopic (exact) mass is 339 g/mol. The van der Waals surface area contributed by atoms with Crippen LogP contribution >= 0.6 is 0 Å². The van der Waals surface area contributed by atoms with Crippen LogP contribution in [0.3, 0.4) is 0 Å². The molecule has 2 aromatic rings. The van der Waals surface area contributed by atoms with Gasteiger partial charge in [0.1, 0.15) is 11.5 Å². The van der Waals surface area contributed by atoms with Gasteiger partial charge in [-0.2, -0.15) is 0 Å². The molecule has 0 amide bonds. The number of ether oxygens (including phenoxy) is 1. The lowest BCUT2D eigenvalue weighted by Gasteiger charge is -2.23. The molecule has 1 aliphatic carbocycles. The van der Waals surface area contributed by atoms with E-state index in [1.54, 1.807) is 0 Å². The summed E-state index contributed by atoms with van der Waals surface area (Å²) in [6.07, 6.45) is 4.37. The van der Waals surface area contributed by atoms with Crippen LogP contribution in [0.1, 0.15) is 43.7 Å². The summed E-state index contributed by atoms with van der Waals surface area (Å²) in [5.74, 6) is 1.37. The molecule has 130 valence electrons. The van der Waals surface area contributed by atoms with Crippen molar-refractivity contribution in [2.75, 3.05) is 11.8 Å². The predicted molar refractivity (Wildman–Crippen MR) is 97.7 cm³/mol. The van der Waals surface area contributed by atoms with E-state index in [1.807, 2.05) is 32.0 Å². The van der Waals surface area contributed by atoms with E-state index in [0.717, 1.165) is 42.5 Å². The number of non-ortho nitro benzene ring substituents is 1. The van der Waals surface area contributed by atoms with E-state index >= 15 is 0 Å². The van der Waals surface area contributed by atoms with Gasteiger partial charge in [-0.25, -0.2) is 0 Å². The molecule has 25 heavy (non-hydrogen) atoms. The molecule has 5 nitrogen and oxygen atoms in total. The number of benzene rings is 2. The van der Waals surface area contributed by atoms with E-state index in [-0.39, 0.29) is 22.5 Å². The molecule has 1 atom stereocenters. The SMILES string of the molecule is [2H]C1Nc2ccc(Oc3c(C)cc([N+](=O)[O-])cc3C)cc2C12CCCC2. The molecule has 5 heteroatoms. The zero-order chi connectivity index (χ0) is 18.5. The van der Waals surface area contributed by atoms with E-state index in [1.165, 1.54) is 17.7 Å². The van der Waals surface area contributed by atoms with Crippen LogP contribution in [0.2, 0.25) is 0 Å². The van der Waals surface area contributed by atoms with E-state index in [4.69, 9.17) is 6.11 Å². The Kier molecular flexibility index (Phi) is 3.40. The van der Waals surface area contributed by atoms with Crippen molar-refractivity contribution in [3.8, 4) is 11.5 Å². The summed E-state index contributed by atoms with van der Waals surface area (Å²) in [6.45, 7) is 3.34. The minimum atomic E-state index is -0.386. The number of nitrogens with one attached hydrogen (secondary N) is 1. The van der Waals surface area contributed by atoms with Crippen LogP contribution in [-0.2, 0) is 5.41 Å². The van der Waals surface area contributed by atoms with Crippen LogP contribution in [0.4, 0.5) is 11.4 Å². The summed E-state index contributed by atoms with van der Waals surface area (Å²) in [7, 11) is 0. The topological polar surface area (TPSA) is 64.4 Å². The maximum atomic E-state index is 11.0. The summed E-state index contributed by atoms with van der Waals surface area (Å²) in [5, 5.41) is 14.3. The number of nitro benzene ring substituents is 1. The van der Waals surface area contributed by atoms with Gasteiger partial charge in [-0.05, 0) is 61.6 Å². The maximum absolute atomic E-state index is 11.0. The first kappa shape index (κ1) is 14.8. The molecular formula is C20H22N2O3. The number of hydrogen-bond acceptors (Lipinski definition) is 4. The van der Waals surface area contributed by atoms with Crippen molar-refractivity contribution in [2.45, 2.75) is 44.9 Å². The molecule has 0 radical (unpaired) electrons. The third-order valence-corrected chi connectivity index (χ3v) is 5.40. The maximum Gasteiger partial charge on any atom is 0.270 e. The van der Waals surface area contributed by atoms with E-state index in [0.29, 0.717) is 11.5 Å². The fourth-order valence-electron chi connectivity index (χ4n) is 4.15. The molecule has 1 heterocycles. The predicted octanol–water partition coefficient (Wildman–Crippen LogP) is 5.24. The number of rotatable bonds is 3. The highest BCUT2D eigenvalue weighted by Gasteiger charge is 2.41. The average molecular weight is 339 g/mol. The van der Waals surface area contributed by atoms with Crippen molar-refractivity contribution in [1.29, 1.82) is 0 Å². The van der Waals surface area contributed by atoms with Crippen molar-refractivity contribution in [3.63, 3.8) is 0 Å². The van der Waals surface area contributed by atoms with Crippen LogP contribution in [0.5, 0.6) is 11.5 Å². The lowest BCUT2D eigenvalue weighted by Crippen LogP contribution is -2.23. The Balaban J connectivity index is 1.69. The van der Waals surface area contributed by atoms with E-state index in [2.05, 4.69) is 5.32 Å². The normalized spacial score (nSPS) is 20.9. The van der Waals surface area contributed by atoms with Gasteiger partial charge in [0.15, 0.2) is 0 Å². The molecule has 4 rings (SSSR count). The van der Waals surface area contributed by atoms with Crippen LogP contribution in [0, 0.1) is 24.0 Å². The number of hydrogen-bond donors (Lipinski definition) is 1. The number of nitro groups is 1. The van der Waals surface area contributed by atoms with Gasteiger partial charge in [0.05, 0.1) is 4.92 Å². The molecule has 0 bridgehead atoms. The first-order chi connectivity index (χ1) is 12.4. The zero-order valence-corrected chi connectivity index (χ0v) is 14.5. The number of fused-ring (bicyclic) bond motifs is 2. The smallest absolute Gasteiger partial charge is 0.270 e. The molecular weight excluding hydrogens is 316 g/mol. The van der Waals surface area contributed by atoms with Crippen LogP contribution in [0.15, 0.2) is 30.3 Å². The second-order valence-corrected chi connectivity index (χ2v) is 7.13. The summed E-state index contributed by atoms with van der Waals surface area (Å²) in [6, 6.07) is 9.00. The molecule has 1 fully saturated rings. The Morgan fingerprint density at radius 3 is 2.52 bits per heavy atom. The Morgan fingerprint density at radius 1 is 1.20 bits per heavy atom. The van der Waals surface area contributed by atoms with Crippen molar-refractivity contribution in [2.24, 2.45) is 0 Å². The second kappa shape index (κ2) is 5.76. The molecule has 2 aliphatic rings. The van der Waals surface area contributed by atoms with Crippen LogP contribution in [-0.4, -0.2) is 11.4 Å². The molecule has 2 aromatic carbocycles. The Morgan fingerprint density at radius 2 is 1.88 bits per heavy atom. The first-order valence-corrected chi connectivity index (χ1v) is 8.67. The van der Waals surface area contributed by atoms with E-state index in [9.17, 15) is 10.1 Å². The lowest BCUT2D eigenvalue weighted by atomic mass is 9.81. The van der Waals surface area contributed by atoms with Crippen LogP contribution in [0.25, 0.3) is 0 Å². The molecule has 0 saturated heterocycles. The van der Waals surface area contributed by atoms with Gasteiger partial charge in [0, 0.05) is 31.1 Å². The average Bonchev–Trinajstić information content (AvgIpc) is 3.18. The molecule has 1 aliphatic heterocycles. The quantitative estimate of drug-likeness (QED) is 0.613. The third kappa shape index (κ3) is 2.64. The highest BCUT2D eigenvalue weighted by molar-refractivity contribution is 5.63. The highest BCUT2D eigenvalue weighted by atomic mass is 16.6. The van der Waals surface area contributed by atoms with Crippen molar-refractivity contribution in [3.05, 3.63) is 57.1 Å². The fourth-order valence-corrected chi connectivity index (χ4v) is 4.15. The molecule has 1 spiro atoms. The summed E-state index contributed by atoms with van der Waals surface area (Å²) < 4.78 is 14.6. The van der Waals surface area contributed by atoms with Gasteiger partial charge in [-0.3, -0.25) is 10.1 Å². The number of nitrogens with zero attached hydrogens (tertiary/aromatic N) is 1. The Labute approximate surface area is 148 Å². The molecule has 0 aromatic heterocycles. The number of aryl methyl sites for hydroxylation is 2. The fraction of sp³-hybridized carbons (Fsp3) is 0.400. The van der Waals surface area contributed by atoms with Gasteiger partial charge < -0.3 is 10.1 Å². The molecule has 1 saturated carbocycles.